The normalized spacial score (nSPS) is 17.1. The third-order valence-electron chi connectivity index (χ3n) is 3.49. The van der Waals surface area contributed by atoms with Gasteiger partial charge in [0.1, 0.15) is 11.1 Å². The van der Waals surface area contributed by atoms with Gasteiger partial charge in [0, 0.05) is 6.04 Å². The Balaban J connectivity index is 2.16. The molecule has 0 atom stereocenters. The molecule has 1 aromatic carbocycles. The molecule has 0 spiro atoms. The van der Waals surface area contributed by atoms with E-state index in [1.54, 1.807) is 23.0 Å². The molecule has 5 heteroatoms. The number of piperidine rings is 1. The van der Waals surface area contributed by atoms with E-state index >= 15 is 0 Å². The number of hydrogen-bond donors (Lipinski definition) is 2. The number of fused-ring (bicyclic) bond motifs is 1. The summed E-state index contributed by atoms with van der Waals surface area (Å²) in [6, 6.07) is 5.13. The molecule has 3 rings (SSSR count). The van der Waals surface area contributed by atoms with Gasteiger partial charge in [-0.05, 0) is 38.1 Å². The topological polar surface area (TPSA) is 67.1 Å². The first-order valence-electron chi connectivity index (χ1n) is 6.17. The Labute approximate surface area is 104 Å². The Kier molecular flexibility index (Phi) is 2.76. The summed E-state index contributed by atoms with van der Waals surface area (Å²) in [7, 11) is 0. The molecule has 2 N–H and O–H groups in total. The summed E-state index contributed by atoms with van der Waals surface area (Å²) >= 11 is 0. The van der Waals surface area contributed by atoms with Gasteiger partial charge in [0.05, 0.1) is 11.8 Å². The van der Waals surface area contributed by atoms with Crippen molar-refractivity contribution < 1.29 is 5.11 Å². The van der Waals surface area contributed by atoms with Gasteiger partial charge in [0.25, 0.3) is 5.56 Å². The minimum absolute atomic E-state index is 0.00767. The standard InChI is InChI=1S/C13H15N3O2/c17-11-3-1-2-10-12(11)13(18)16(8-15-10)9-4-6-14-7-5-9/h1-3,8-9,14,17H,4-7H2. The highest BCUT2D eigenvalue weighted by atomic mass is 16.3. The molecular formula is C13H15N3O2. The first-order valence-corrected chi connectivity index (χ1v) is 6.17. The minimum atomic E-state index is -0.148. The highest BCUT2D eigenvalue weighted by molar-refractivity contribution is 5.83. The van der Waals surface area contributed by atoms with Gasteiger partial charge in [0.15, 0.2) is 0 Å². The van der Waals surface area contributed by atoms with E-state index in [4.69, 9.17) is 0 Å². The maximum absolute atomic E-state index is 12.4. The van der Waals surface area contributed by atoms with Gasteiger partial charge in [-0.2, -0.15) is 0 Å². The summed E-state index contributed by atoms with van der Waals surface area (Å²) < 4.78 is 1.66. The SMILES string of the molecule is O=c1c2c(O)cccc2ncn1C1CCNCC1. The van der Waals surface area contributed by atoms with Crippen LogP contribution in [0.1, 0.15) is 18.9 Å². The van der Waals surface area contributed by atoms with Crippen molar-refractivity contribution in [1.29, 1.82) is 0 Å². The monoisotopic (exact) mass is 245 g/mol. The predicted molar refractivity (Wildman–Crippen MR) is 68.8 cm³/mol. The average molecular weight is 245 g/mol. The smallest absolute Gasteiger partial charge is 0.265 e. The fourth-order valence-electron chi connectivity index (χ4n) is 2.51. The molecule has 0 radical (unpaired) electrons. The molecule has 2 heterocycles. The molecule has 1 aliphatic rings. The molecule has 2 aromatic rings. The molecule has 0 amide bonds. The maximum atomic E-state index is 12.4. The lowest BCUT2D eigenvalue weighted by atomic mass is 10.1. The highest BCUT2D eigenvalue weighted by Crippen LogP contribution is 2.21. The molecule has 1 aromatic heterocycles. The zero-order valence-electron chi connectivity index (χ0n) is 9.97. The number of benzene rings is 1. The van der Waals surface area contributed by atoms with Crippen molar-refractivity contribution in [2.75, 3.05) is 13.1 Å². The van der Waals surface area contributed by atoms with E-state index in [9.17, 15) is 9.90 Å². The van der Waals surface area contributed by atoms with Gasteiger partial charge in [-0.1, -0.05) is 6.07 Å². The Bertz CT molecular complexity index is 630. The second-order valence-corrected chi connectivity index (χ2v) is 4.61. The van der Waals surface area contributed by atoms with E-state index in [-0.39, 0.29) is 17.4 Å². The van der Waals surface area contributed by atoms with Crippen LogP contribution in [0.4, 0.5) is 0 Å². The van der Waals surface area contributed by atoms with Gasteiger partial charge in [0.2, 0.25) is 0 Å². The van der Waals surface area contributed by atoms with Crippen molar-refractivity contribution in [3.8, 4) is 5.75 Å². The van der Waals surface area contributed by atoms with E-state index in [0.29, 0.717) is 10.9 Å². The quantitative estimate of drug-likeness (QED) is 0.787. The van der Waals surface area contributed by atoms with Crippen LogP contribution in [-0.4, -0.2) is 27.7 Å². The van der Waals surface area contributed by atoms with E-state index in [2.05, 4.69) is 10.3 Å². The van der Waals surface area contributed by atoms with E-state index in [1.165, 1.54) is 6.07 Å². The molecule has 5 nitrogen and oxygen atoms in total. The minimum Gasteiger partial charge on any atom is -0.507 e. The van der Waals surface area contributed by atoms with Crippen LogP contribution in [0.2, 0.25) is 0 Å². The molecule has 0 aliphatic carbocycles. The lowest BCUT2D eigenvalue weighted by molar-refractivity contribution is 0.359. The first kappa shape index (κ1) is 11.2. The Morgan fingerprint density at radius 2 is 2.11 bits per heavy atom. The molecule has 18 heavy (non-hydrogen) atoms. The summed E-state index contributed by atoms with van der Waals surface area (Å²) in [5, 5.41) is 13.4. The zero-order chi connectivity index (χ0) is 12.5. The summed E-state index contributed by atoms with van der Waals surface area (Å²) in [6.45, 7) is 1.83. The van der Waals surface area contributed by atoms with Gasteiger partial charge >= 0.3 is 0 Å². The van der Waals surface area contributed by atoms with Crippen LogP contribution in [0.25, 0.3) is 10.9 Å². The number of nitrogens with one attached hydrogen (secondary N) is 1. The third-order valence-corrected chi connectivity index (χ3v) is 3.49. The predicted octanol–water partition coefficient (Wildman–Crippen LogP) is 1.03. The molecular weight excluding hydrogens is 230 g/mol. The highest BCUT2D eigenvalue weighted by Gasteiger charge is 2.18. The van der Waals surface area contributed by atoms with Crippen LogP contribution >= 0.6 is 0 Å². The fourth-order valence-corrected chi connectivity index (χ4v) is 2.51. The van der Waals surface area contributed by atoms with Crippen molar-refractivity contribution in [2.24, 2.45) is 0 Å². The Hall–Kier alpha value is -1.88. The van der Waals surface area contributed by atoms with Crippen LogP contribution in [0, 0.1) is 0 Å². The van der Waals surface area contributed by atoms with E-state index in [1.807, 2.05) is 0 Å². The number of rotatable bonds is 1. The van der Waals surface area contributed by atoms with Crippen molar-refractivity contribution in [3.63, 3.8) is 0 Å². The lowest BCUT2D eigenvalue weighted by Crippen LogP contribution is -2.34. The van der Waals surface area contributed by atoms with Gasteiger partial charge < -0.3 is 10.4 Å². The van der Waals surface area contributed by atoms with Gasteiger partial charge in [-0.15, -0.1) is 0 Å². The van der Waals surface area contributed by atoms with Gasteiger partial charge in [-0.25, -0.2) is 4.98 Å². The van der Waals surface area contributed by atoms with Crippen molar-refractivity contribution >= 4 is 10.9 Å². The molecule has 1 saturated heterocycles. The van der Waals surface area contributed by atoms with Gasteiger partial charge in [-0.3, -0.25) is 9.36 Å². The summed E-state index contributed by atoms with van der Waals surface area (Å²) in [5.41, 5.74) is 0.398. The number of aromatic hydroxyl groups is 1. The molecule has 94 valence electrons. The van der Waals surface area contributed by atoms with Crippen LogP contribution in [0.3, 0.4) is 0 Å². The summed E-state index contributed by atoms with van der Waals surface area (Å²) in [4.78, 5) is 16.7. The van der Waals surface area contributed by atoms with Crippen LogP contribution in [0.5, 0.6) is 5.75 Å². The summed E-state index contributed by atoms with van der Waals surface area (Å²) in [5.74, 6) is 0.00767. The zero-order valence-corrected chi connectivity index (χ0v) is 9.97. The van der Waals surface area contributed by atoms with Crippen molar-refractivity contribution in [3.05, 3.63) is 34.9 Å². The number of aromatic nitrogens is 2. The van der Waals surface area contributed by atoms with Crippen molar-refractivity contribution in [2.45, 2.75) is 18.9 Å². The second-order valence-electron chi connectivity index (χ2n) is 4.61. The largest absolute Gasteiger partial charge is 0.507 e. The number of phenolic OH excluding ortho intramolecular Hbond substituents is 1. The van der Waals surface area contributed by atoms with Crippen LogP contribution in [-0.2, 0) is 0 Å². The van der Waals surface area contributed by atoms with Crippen LogP contribution < -0.4 is 10.9 Å². The molecule has 1 fully saturated rings. The van der Waals surface area contributed by atoms with Crippen LogP contribution in [0.15, 0.2) is 29.3 Å². The Morgan fingerprint density at radius 1 is 1.33 bits per heavy atom. The summed E-state index contributed by atoms with van der Waals surface area (Å²) in [6.07, 6.45) is 3.43. The van der Waals surface area contributed by atoms with E-state index in [0.717, 1.165) is 25.9 Å². The van der Waals surface area contributed by atoms with Crippen molar-refractivity contribution in [1.82, 2.24) is 14.9 Å². The lowest BCUT2D eigenvalue weighted by Gasteiger charge is -2.24. The average Bonchev–Trinajstić information content (AvgIpc) is 2.40. The number of hydrogen-bond acceptors (Lipinski definition) is 4. The number of nitrogens with zero attached hydrogens (tertiary/aromatic N) is 2. The number of phenols is 1. The Morgan fingerprint density at radius 3 is 2.89 bits per heavy atom. The second kappa shape index (κ2) is 4.42. The molecule has 0 saturated carbocycles. The molecule has 0 unspecified atom stereocenters. The third kappa shape index (κ3) is 1.76. The molecule has 0 bridgehead atoms. The fraction of sp³-hybridized carbons (Fsp3) is 0.385. The first-order chi connectivity index (χ1) is 8.77. The maximum Gasteiger partial charge on any atom is 0.265 e. The van der Waals surface area contributed by atoms with E-state index < -0.39 is 0 Å². The molecule has 1 aliphatic heterocycles.